The standard InChI is InChI=1S/C19H19N3O3/c20-18(24)17-15-8-4-5-9-16(15)19(25)22(21-17)12-14(23)11-10-13-6-2-1-3-7-13/h1-9,14,23H,10-12H2,(H2,20,24). The van der Waals surface area contributed by atoms with Crippen LogP contribution in [0.25, 0.3) is 10.8 Å². The van der Waals surface area contributed by atoms with Gasteiger partial charge in [-0.05, 0) is 24.5 Å². The average molecular weight is 337 g/mol. The summed E-state index contributed by atoms with van der Waals surface area (Å²) in [7, 11) is 0. The second kappa shape index (κ2) is 7.27. The van der Waals surface area contributed by atoms with Crippen molar-refractivity contribution in [3.63, 3.8) is 0 Å². The molecule has 0 fully saturated rings. The van der Waals surface area contributed by atoms with Crippen molar-refractivity contribution in [1.29, 1.82) is 0 Å². The fourth-order valence-corrected chi connectivity index (χ4v) is 2.81. The van der Waals surface area contributed by atoms with Gasteiger partial charge in [-0.25, -0.2) is 4.68 Å². The summed E-state index contributed by atoms with van der Waals surface area (Å²) < 4.78 is 1.12. The zero-order valence-corrected chi connectivity index (χ0v) is 13.6. The number of aryl methyl sites for hydroxylation is 1. The molecule has 1 heterocycles. The van der Waals surface area contributed by atoms with E-state index in [0.717, 1.165) is 10.2 Å². The van der Waals surface area contributed by atoms with Crippen LogP contribution in [0.15, 0.2) is 59.4 Å². The number of nitrogens with two attached hydrogens (primary N) is 1. The molecule has 0 aliphatic carbocycles. The number of nitrogens with zero attached hydrogens (tertiary/aromatic N) is 2. The summed E-state index contributed by atoms with van der Waals surface area (Å²) in [6.45, 7) is 0.0107. The van der Waals surface area contributed by atoms with Gasteiger partial charge in [0.2, 0.25) is 0 Å². The first-order chi connectivity index (χ1) is 12.1. The van der Waals surface area contributed by atoms with Gasteiger partial charge in [0.1, 0.15) is 0 Å². The monoisotopic (exact) mass is 337 g/mol. The number of hydrogen-bond acceptors (Lipinski definition) is 4. The smallest absolute Gasteiger partial charge is 0.274 e. The van der Waals surface area contributed by atoms with Crippen LogP contribution in [0, 0.1) is 0 Å². The molecule has 3 aromatic rings. The molecule has 0 radical (unpaired) electrons. The molecule has 25 heavy (non-hydrogen) atoms. The van der Waals surface area contributed by atoms with Crippen molar-refractivity contribution in [2.45, 2.75) is 25.5 Å². The molecule has 0 saturated carbocycles. The Morgan fingerprint density at radius 2 is 1.72 bits per heavy atom. The van der Waals surface area contributed by atoms with Crippen LogP contribution in [0.4, 0.5) is 0 Å². The van der Waals surface area contributed by atoms with Crippen LogP contribution < -0.4 is 11.3 Å². The molecule has 6 nitrogen and oxygen atoms in total. The minimum absolute atomic E-state index is 0.0107. The van der Waals surface area contributed by atoms with Gasteiger partial charge in [-0.3, -0.25) is 9.59 Å². The van der Waals surface area contributed by atoms with E-state index in [9.17, 15) is 14.7 Å². The van der Waals surface area contributed by atoms with Gasteiger partial charge < -0.3 is 10.8 Å². The van der Waals surface area contributed by atoms with Gasteiger partial charge in [-0.1, -0.05) is 48.5 Å². The number of benzene rings is 2. The highest BCUT2D eigenvalue weighted by Crippen LogP contribution is 2.13. The number of hydrogen-bond donors (Lipinski definition) is 2. The highest BCUT2D eigenvalue weighted by molar-refractivity contribution is 6.03. The van der Waals surface area contributed by atoms with Crippen molar-refractivity contribution in [3.8, 4) is 0 Å². The largest absolute Gasteiger partial charge is 0.391 e. The maximum atomic E-state index is 12.6. The lowest BCUT2D eigenvalue weighted by Crippen LogP contribution is -2.32. The van der Waals surface area contributed by atoms with E-state index in [1.165, 1.54) is 0 Å². The maximum absolute atomic E-state index is 12.6. The van der Waals surface area contributed by atoms with Crippen LogP contribution in [0.3, 0.4) is 0 Å². The molecule has 1 unspecified atom stereocenters. The van der Waals surface area contributed by atoms with E-state index in [0.29, 0.717) is 23.6 Å². The Kier molecular flexibility index (Phi) is 4.90. The maximum Gasteiger partial charge on any atom is 0.274 e. The molecule has 1 amide bonds. The number of amides is 1. The minimum atomic E-state index is -0.757. The van der Waals surface area contributed by atoms with E-state index in [1.54, 1.807) is 24.3 Å². The first-order valence-corrected chi connectivity index (χ1v) is 8.08. The molecule has 6 heteroatoms. The summed E-state index contributed by atoms with van der Waals surface area (Å²) in [5, 5.41) is 15.1. The highest BCUT2D eigenvalue weighted by Gasteiger charge is 2.16. The number of rotatable bonds is 6. The first-order valence-electron chi connectivity index (χ1n) is 8.08. The molecule has 1 atom stereocenters. The lowest BCUT2D eigenvalue weighted by Gasteiger charge is -2.13. The van der Waals surface area contributed by atoms with Gasteiger partial charge in [-0.2, -0.15) is 5.10 Å². The summed E-state index contributed by atoms with van der Waals surface area (Å²) in [4.78, 5) is 24.2. The topological polar surface area (TPSA) is 98.2 Å². The second-order valence-corrected chi connectivity index (χ2v) is 5.92. The van der Waals surface area contributed by atoms with E-state index in [2.05, 4.69) is 5.10 Å². The number of fused-ring (bicyclic) bond motifs is 1. The fourth-order valence-electron chi connectivity index (χ4n) is 2.81. The Hall–Kier alpha value is -2.99. The quantitative estimate of drug-likeness (QED) is 0.712. The third-order valence-electron chi connectivity index (χ3n) is 4.09. The van der Waals surface area contributed by atoms with Crippen LogP contribution >= 0.6 is 0 Å². The lowest BCUT2D eigenvalue weighted by atomic mass is 10.1. The van der Waals surface area contributed by atoms with Gasteiger partial charge in [0.05, 0.1) is 18.0 Å². The van der Waals surface area contributed by atoms with Gasteiger partial charge >= 0.3 is 0 Å². The van der Waals surface area contributed by atoms with E-state index < -0.39 is 12.0 Å². The molecule has 0 aliphatic rings. The Morgan fingerprint density at radius 3 is 2.40 bits per heavy atom. The van der Waals surface area contributed by atoms with Gasteiger partial charge in [0.25, 0.3) is 11.5 Å². The van der Waals surface area contributed by atoms with Crippen LogP contribution in [-0.4, -0.2) is 26.9 Å². The van der Waals surface area contributed by atoms with Crippen molar-refractivity contribution < 1.29 is 9.90 Å². The molecule has 3 rings (SSSR count). The Balaban J connectivity index is 1.84. The number of aliphatic hydroxyl groups excluding tert-OH is 1. The van der Waals surface area contributed by atoms with Crippen molar-refractivity contribution in [3.05, 3.63) is 76.2 Å². The SMILES string of the molecule is NC(=O)c1nn(CC(O)CCc2ccccc2)c(=O)c2ccccc12. The van der Waals surface area contributed by atoms with Crippen LogP contribution in [-0.2, 0) is 13.0 Å². The van der Waals surface area contributed by atoms with Crippen LogP contribution in [0.1, 0.15) is 22.5 Å². The summed E-state index contributed by atoms with van der Waals surface area (Å²) >= 11 is 0. The molecule has 3 N–H and O–H groups in total. The van der Waals surface area contributed by atoms with Gasteiger partial charge in [0, 0.05) is 5.39 Å². The van der Waals surface area contributed by atoms with Crippen LogP contribution in [0.2, 0.25) is 0 Å². The van der Waals surface area contributed by atoms with Crippen molar-refractivity contribution >= 4 is 16.7 Å². The Labute approximate surface area is 144 Å². The molecule has 0 aliphatic heterocycles. The molecule has 1 aromatic heterocycles. The number of primary amides is 1. The summed E-state index contributed by atoms with van der Waals surface area (Å²) in [5.41, 5.74) is 6.18. The van der Waals surface area contributed by atoms with E-state index in [-0.39, 0.29) is 17.8 Å². The summed E-state index contributed by atoms with van der Waals surface area (Å²) in [6.07, 6.45) is 0.413. The molecule has 0 saturated heterocycles. The zero-order valence-electron chi connectivity index (χ0n) is 13.6. The second-order valence-electron chi connectivity index (χ2n) is 5.92. The number of carbonyl (C=O) groups excluding carboxylic acids is 1. The van der Waals surface area contributed by atoms with Crippen LogP contribution in [0.5, 0.6) is 0 Å². The molecular formula is C19H19N3O3. The van der Waals surface area contributed by atoms with E-state index in [4.69, 9.17) is 5.73 Å². The zero-order chi connectivity index (χ0) is 17.8. The van der Waals surface area contributed by atoms with E-state index >= 15 is 0 Å². The highest BCUT2D eigenvalue weighted by atomic mass is 16.3. The summed E-state index contributed by atoms with van der Waals surface area (Å²) in [6, 6.07) is 16.5. The fraction of sp³-hybridized carbons (Fsp3) is 0.211. The molecule has 0 spiro atoms. The molecule has 0 bridgehead atoms. The Bertz CT molecular complexity index is 951. The van der Waals surface area contributed by atoms with E-state index in [1.807, 2.05) is 30.3 Å². The third-order valence-corrected chi connectivity index (χ3v) is 4.09. The number of carbonyl (C=O) groups is 1. The van der Waals surface area contributed by atoms with Crippen molar-refractivity contribution in [2.24, 2.45) is 5.73 Å². The Morgan fingerprint density at radius 1 is 1.08 bits per heavy atom. The third kappa shape index (κ3) is 3.75. The number of aromatic nitrogens is 2. The normalized spacial score (nSPS) is 12.2. The van der Waals surface area contributed by atoms with Crippen molar-refractivity contribution in [1.82, 2.24) is 9.78 Å². The van der Waals surface area contributed by atoms with Gasteiger partial charge in [0.15, 0.2) is 5.69 Å². The minimum Gasteiger partial charge on any atom is -0.391 e. The lowest BCUT2D eigenvalue weighted by molar-refractivity contribution is 0.0991. The molecular weight excluding hydrogens is 318 g/mol. The predicted molar refractivity (Wildman–Crippen MR) is 95.3 cm³/mol. The van der Waals surface area contributed by atoms with Gasteiger partial charge in [-0.15, -0.1) is 0 Å². The van der Waals surface area contributed by atoms with Crippen molar-refractivity contribution in [2.75, 3.05) is 0 Å². The molecule has 128 valence electrons. The first kappa shape index (κ1) is 16.9. The predicted octanol–water partition coefficient (Wildman–Crippen LogP) is 1.49. The molecule has 2 aromatic carbocycles. The average Bonchev–Trinajstić information content (AvgIpc) is 2.63. The number of aliphatic hydroxyl groups is 1. The summed E-state index contributed by atoms with van der Waals surface area (Å²) in [5.74, 6) is -0.705.